The highest BCUT2D eigenvalue weighted by Gasteiger charge is 2.25. The Hall–Kier alpha value is -0.610. The Bertz CT molecular complexity index is 1170. The Morgan fingerprint density at radius 1 is 0.265 bits per heavy atom. The summed E-state index contributed by atoms with van der Waals surface area (Å²) in [7, 11) is 1.95. The Labute approximate surface area is 524 Å². The highest BCUT2D eigenvalue weighted by atomic mass is 16.5. The first-order valence-corrected chi connectivity index (χ1v) is 39.4. The molecule has 0 aromatic carbocycles. The van der Waals surface area contributed by atoms with Gasteiger partial charge >= 0.3 is 5.97 Å². The van der Waals surface area contributed by atoms with Gasteiger partial charge in [0, 0.05) is 7.11 Å². The molecule has 0 saturated carbocycles. The van der Waals surface area contributed by atoms with E-state index in [2.05, 4.69) is 20.8 Å². The minimum Gasteiger partial charge on any atom is -0.481 e. The van der Waals surface area contributed by atoms with Crippen LogP contribution in [-0.2, 0) is 9.53 Å². The maximum Gasteiger partial charge on any atom is 0.309 e. The SMILES string of the molecule is CCCCCCCCCCCCCCCCCCCCC(C(=O)O)C(O)CCCCCCCCCCCCCCCCCCCCCCCCCCCCCCCCCCCCC(OC)C(C)CCCCCCCCCCCCCCCC. The molecule has 0 aromatic rings. The Kier molecular flexibility index (Phi) is 71.6. The average Bonchev–Trinajstić information content (AvgIpc) is 3.48. The van der Waals surface area contributed by atoms with Crippen molar-refractivity contribution < 1.29 is 19.7 Å². The molecule has 2 N–H and O–H groups in total. The molecule has 0 spiro atoms. The van der Waals surface area contributed by atoms with Gasteiger partial charge in [-0.1, -0.05) is 445 Å². The normalized spacial score (nSPS) is 13.3. The van der Waals surface area contributed by atoms with Crippen LogP contribution < -0.4 is 0 Å². The second-order valence-corrected chi connectivity index (χ2v) is 28.0. The van der Waals surface area contributed by atoms with Crippen molar-refractivity contribution in [3.63, 3.8) is 0 Å². The molecule has 0 heterocycles. The van der Waals surface area contributed by atoms with Crippen molar-refractivity contribution in [3.8, 4) is 0 Å². The molecule has 0 aliphatic heterocycles. The zero-order valence-corrected chi connectivity index (χ0v) is 58.0. The number of aliphatic carboxylic acids is 1. The third-order valence-corrected chi connectivity index (χ3v) is 19.8. The van der Waals surface area contributed by atoms with E-state index in [1.54, 1.807) is 0 Å². The van der Waals surface area contributed by atoms with Gasteiger partial charge in [0.1, 0.15) is 0 Å². The summed E-state index contributed by atoms with van der Waals surface area (Å²) in [4.78, 5) is 11.9. The predicted molar refractivity (Wildman–Crippen MR) is 372 cm³/mol. The molecule has 0 radical (unpaired) electrons. The topological polar surface area (TPSA) is 66.8 Å². The van der Waals surface area contributed by atoms with Crippen LogP contribution in [0.4, 0.5) is 0 Å². The Morgan fingerprint density at radius 2 is 0.434 bits per heavy atom. The van der Waals surface area contributed by atoms with Gasteiger partial charge in [0.05, 0.1) is 18.1 Å². The zero-order chi connectivity index (χ0) is 60.1. The maximum atomic E-state index is 11.9. The molecule has 4 heteroatoms. The van der Waals surface area contributed by atoms with Gasteiger partial charge in [-0.05, 0) is 31.6 Å². The van der Waals surface area contributed by atoms with E-state index in [0.717, 1.165) is 25.7 Å². The average molecular weight is 1170 g/mol. The van der Waals surface area contributed by atoms with Crippen molar-refractivity contribution in [2.24, 2.45) is 11.8 Å². The number of methoxy groups -OCH3 is 1. The van der Waals surface area contributed by atoms with Gasteiger partial charge < -0.3 is 14.9 Å². The maximum absolute atomic E-state index is 11.9. The molecule has 0 saturated heterocycles. The lowest BCUT2D eigenvalue weighted by Crippen LogP contribution is -2.28. The van der Waals surface area contributed by atoms with Crippen molar-refractivity contribution >= 4 is 5.97 Å². The van der Waals surface area contributed by atoms with E-state index in [9.17, 15) is 15.0 Å². The first-order chi connectivity index (χ1) is 41.0. The standard InChI is InChI=1S/C79H158O4/c1-5-7-9-11-13-15-17-19-21-22-41-44-48-52-56-60-64-68-72-76(79(81)82)77(80)73-69-65-61-57-53-49-45-42-39-37-35-33-31-29-27-25-23-24-26-28-30-32-34-36-38-40-43-46-50-54-58-62-66-70-74-78(83-4)75(3)71-67-63-59-55-51-47-20-18-16-14-12-10-8-6-2/h75-78,80H,5-74H2,1-4H3,(H,81,82). The molecule has 498 valence electrons. The third kappa shape index (κ3) is 65.7. The fourth-order valence-electron chi connectivity index (χ4n) is 13.8. The van der Waals surface area contributed by atoms with Crippen LogP contribution in [0.5, 0.6) is 0 Å². The van der Waals surface area contributed by atoms with Crippen LogP contribution >= 0.6 is 0 Å². The fraction of sp³-hybridized carbons (Fsp3) is 0.987. The lowest BCUT2D eigenvalue weighted by atomic mass is 9.91. The smallest absolute Gasteiger partial charge is 0.309 e. The predicted octanol–water partition coefficient (Wildman–Crippen LogP) is 28.0. The molecule has 83 heavy (non-hydrogen) atoms. The van der Waals surface area contributed by atoms with E-state index in [1.807, 2.05) is 7.11 Å². The second-order valence-electron chi connectivity index (χ2n) is 28.0. The van der Waals surface area contributed by atoms with Crippen molar-refractivity contribution in [3.05, 3.63) is 0 Å². The Morgan fingerprint density at radius 3 is 0.627 bits per heavy atom. The molecule has 4 atom stereocenters. The molecule has 4 unspecified atom stereocenters. The molecular formula is C79H158O4. The second kappa shape index (κ2) is 72.1. The first kappa shape index (κ1) is 82.4. The summed E-state index contributed by atoms with van der Waals surface area (Å²) in [6.45, 7) is 7.04. The number of carbonyl (C=O) groups is 1. The number of hydrogen-bond donors (Lipinski definition) is 2. The lowest BCUT2D eigenvalue weighted by Gasteiger charge is -2.22. The van der Waals surface area contributed by atoms with Crippen LogP contribution in [0.15, 0.2) is 0 Å². The van der Waals surface area contributed by atoms with Crippen molar-refractivity contribution in [2.45, 2.75) is 482 Å². The molecule has 0 amide bonds. The summed E-state index contributed by atoms with van der Waals surface area (Å²) < 4.78 is 5.97. The Balaban J connectivity index is 3.37. The van der Waals surface area contributed by atoms with Gasteiger partial charge in [0.15, 0.2) is 0 Å². The van der Waals surface area contributed by atoms with Crippen LogP contribution in [0.3, 0.4) is 0 Å². The summed E-state index contributed by atoms with van der Waals surface area (Å²) in [5, 5.41) is 20.5. The van der Waals surface area contributed by atoms with Crippen molar-refractivity contribution in [1.82, 2.24) is 0 Å². The van der Waals surface area contributed by atoms with Gasteiger partial charge in [-0.25, -0.2) is 0 Å². The number of aliphatic hydroxyl groups excluding tert-OH is 1. The summed E-state index contributed by atoms with van der Waals surface area (Å²) in [6.07, 6.45) is 95.8. The van der Waals surface area contributed by atoms with Crippen LogP contribution in [0.2, 0.25) is 0 Å². The fourth-order valence-corrected chi connectivity index (χ4v) is 13.8. The monoisotopic (exact) mass is 1170 g/mol. The van der Waals surface area contributed by atoms with Gasteiger partial charge in [-0.2, -0.15) is 0 Å². The number of carboxylic acid groups (broad SMARTS) is 1. The van der Waals surface area contributed by atoms with Gasteiger partial charge in [0.25, 0.3) is 0 Å². The molecule has 0 bridgehead atoms. The van der Waals surface area contributed by atoms with E-state index < -0.39 is 18.0 Å². The van der Waals surface area contributed by atoms with Crippen molar-refractivity contribution in [1.29, 1.82) is 0 Å². The number of rotatable bonds is 75. The van der Waals surface area contributed by atoms with Gasteiger partial charge in [-0.3, -0.25) is 4.79 Å². The number of aliphatic hydroxyl groups is 1. The first-order valence-electron chi connectivity index (χ1n) is 39.4. The molecule has 0 aliphatic carbocycles. The molecule has 0 aromatic heterocycles. The summed E-state index contributed by atoms with van der Waals surface area (Å²) in [5.41, 5.74) is 0. The third-order valence-electron chi connectivity index (χ3n) is 19.8. The highest BCUT2D eigenvalue weighted by Crippen LogP contribution is 2.25. The minimum atomic E-state index is -0.800. The van der Waals surface area contributed by atoms with E-state index in [1.165, 1.54) is 411 Å². The number of unbranched alkanes of at least 4 members (excludes halogenated alkanes) is 63. The van der Waals surface area contributed by atoms with E-state index in [-0.39, 0.29) is 0 Å². The van der Waals surface area contributed by atoms with Crippen LogP contribution in [0.1, 0.15) is 470 Å². The number of hydrogen-bond acceptors (Lipinski definition) is 3. The molecule has 0 fully saturated rings. The van der Waals surface area contributed by atoms with Crippen LogP contribution in [0, 0.1) is 11.8 Å². The van der Waals surface area contributed by atoms with Crippen LogP contribution in [-0.4, -0.2) is 35.5 Å². The molecule has 0 aliphatic rings. The quantitative estimate of drug-likeness (QED) is 0.0596. The van der Waals surface area contributed by atoms with E-state index in [0.29, 0.717) is 24.9 Å². The molecule has 4 nitrogen and oxygen atoms in total. The zero-order valence-electron chi connectivity index (χ0n) is 58.0. The summed E-state index contributed by atoms with van der Waals surface area (Å²) in [6, 6.07) is 0. The number of carboxylic acids is 1. The summed E-state index contributed by atoms with van der Waals surface area (Å²) in [5.74, 6) is -0.670. The summed E-state index contributed by atoms with van der Waals surface area (Å²) >= 11 is 0. The molecule has 0 rings (SSSR count). The van der Waals surface area contributed by atoms with Gasteiger partial charge in [0.2, 0.25) is 0 Å². The van der Waals surface area contributed by atoms with E-state index in [4.69, 9.17) is 4.74 Å². The minimum absolute atomic E-state index is 0.471. The highest BCUT2D eigenvalue weighted by molar-refractivity contribution is 5.70. The molecular weight excluding hydrogens is 1010 g/mol. The van der Waals surface area contributed by atoms with Crippen LogP contribution in [0.25, 0.3) is 0 Å². The van der Waals surface area contributed by atoms with E-state index >= 15 is 0 Å². The number of ether oxygens (including phenoxy) is 1. The van der Waals surface area contributed by atoms with Crippen molar-refractivity contribution in [2.75, 3.05) is 7.11 Å². The lowest BCUT2D eigenvalue weighted by molar-refractivity contribution is -0.146. The van der Waals surface area contributed by atoms with Gasteiger partial charge in [-0.15, -0.1) is 0 Å². The largest absolute Gasteiger partial charge is 0.481 e.